The Morgan fingerprint density at radius 3 is 1.43 bits per heavy atom. The van der Waals surface area contributed by atoms with Gasteiger partial charge in [-0.2, -0.15) is 0 Å². The van der Waals surface area contributed by atoms with Gasteiger partial charge >= 0.3 is 0 Å². The van der Waals surface area contributed by atoms with Gasteiger partial charge in [-0.05, 0) is 33.4 Å². The van der Waals surface area contributed by atoms with Gasteiger partial charge in [0.25, 0.3) is 0 Å². The third-order valence-corrected chi connectivity index (χ3v) is 4.08. The molecule has 0 unspecified atom stereocenters. The van der Waals surface area contributed by atoms with Crippen molar-refractivity contribution in [3.8, 4) is 11.1 Å². The third-order valence-electron chi connectivity index (χ3n) is 4.08. The molecule has 0 atom stereocenters. The van der Waals surface area contributed by atoms with Crippen LogP contribution in [0.2, 0.25) is 0 Å². The molecule has 112 valence electrons. The monoisotopic (exact) mass is 280 g/mol. The maximum absolute atomic E-state index is 2.34. The zero-order valence-electron chi connectivity index (χ0n) is 14.3. The highest BCUT2D eigenvalue weighted by Crippen LogP contribution is 2.47. The summed E-state index contributed by atoms with van der Waals surface area (Å²) >= 11 is 0. The van der Waals surface area contributed by atoms with E-state index in [4.69, 9.17) is 0 Å². The molecule has 0 amide bonds. The summed E-state index contributed by atoms with van der Waals surface area (Å²) in [5, 5.41) is 0. The Hall–Kier alpha value is -1.56. The Morgan fingerprint density at radius 1 is 0.571 bits per heavy atom. The summed E-state index contributed by atoms with van der Waals surface area (Å²) in [6, 6.07) is 19.7. The van der Waals surface area contributed by atoms with E-state index in [-0.39, 0.29) is 10.8 Å². The van der Waals surface area contributed by atoms with Crippen LogP contribution in [0, 0.1) is 10.8 Å². The van der Waals surface area contributed by atoms with E-state index in [1.807, 2.05) is 0 Å². The molecule has 21 heavy (non-hydrogen) atoms. The average molecular weight is 280 g/mol. The fourth-order valence-electron chi connectivity index (χ4n) is 3.80. The van der Waals surface area contributed by atoms with Gasteiger partial charge in [-0.3, -0.25) is 0 Å². The molecule has 0 aliphatic carbocycles. The first-order valence-electron chi connectivity index (χ1n) is 7.85. The van der Waals surface area contributed by atoms with E-state index >= 15 is 0 Å². The maximum Gasteiger partial charge on any atom is -0.00646 e. The van der Waals surface area contributed by atoms with Crippen LogP contribution >= 0.6 is 0 Å². The lowest BCUT2D eigenvalue weighted by Crippen LogP contribution is -2.30. The first-order chi connectivity index (χ1) is 9.69. The smallest absolute Gasteiger partial charge is 0.00646 e. The Bertz CT molecular complexity index is 548. The molecule has 0 N–H and O–H groups in total. The van der Waals surface area contributed by atoms with Crippen LogP contribution in [0.3, 0.4) is 0 Å². The molecule has 0 aromatic heterocycles. The van der Waals surface area contributed by atoms with Gasteiger partial charge < -0.3 is 0 Å². The summed E-state index contributed by atoms with van der Waals surface area (Å²) in [7, 11) is 0. The molecule has 0 radical (unpaired) electrons. The summed E-state index contributed by atoms with van der Waals surface area (Å²) in [5.74, 6) is 0.537. The van der Waals surface area contributed by atoms with Crippen LogP contribution in [0.5, 0.6) is 0 Å². The lowest BCUT2D eigenvalue weighted by Gasteiger charge is -2.41. The predicted molar refractivity (Wildman–Crippen MR) is 93.5 cm³/mol. The molecule has 2 rings (SSSR count). The Morgan fingerprint density at radius 2 is 1.00 bits per heavy atom. The van der Waals surface area contributed by atoms with Crippen molar-refractivity contribution in [3.05, 3.63) is 60.2 Å². The van der Waals surface area contributed by atoms with Crippen molar-refractivity contribution in [1.82, 2.24) is 0 Å². The predicted octanol–water partition coefficient (Wildman–Crippen LogP) is 6.53. The van der Waals surface area contributed by atoms with Crippen molar-refractivity contribution in [1.29, 1.82) is 0 Å². The van der Waals surface area contributed by atoms with Gasteiger partial charge in [-0.15, -0.1) is 0 Å². The van der Waals surface area contributed by atoms with Gasteiger partial charge in [-0.1, -0.05) is 96.1 Å². The highest BCUT2D eigenvalue weighted by molar-refractivity contribution is 5.63. The van der Waals surface area contributed by atoms with E-state index in [1.54, 1.807) is 0 Å². The molecule has 2 aromatic carbocycles. The van der Waals surface area contributed by atoms with Crippen molar-refractivity contribution in [2.24, 2.45) is 10.8 Å². The van der Waals surface area contributed by atoms with Crippen LogP contribution in [0.4, 0.5) is 0 Å². The van der Waals surface area contributed by atoms with Crippen LogP contribution in [0.25, 0.3) is 11.1 Å². The summed E-state index contributed by atoms with van der Waals surface area (Å²) in [6.45, 7) is 14.0. The fraction of sp³-hybridized carbons (Fsp3) is 0.429. The molecule has 0 aliphatic rings. The van der Waals surface area contributed by atoms with E-state index in [2.05, 4.69) is 96.1 Å². The van der Waals surface area contributed by atoms with E-state index in [9.17, 15) is 0 Å². The van der Waals surface area contributed by atoms with Gasteiger partial charge in [0.1, 0.15) is 0 Å². The summed E-state index contributed by atoms with van der Waals surface area (Å²) in [6.07, 6.45) is 0. The van der Waals surface area contributed by atoms with Crippen molar-refractivity contribution >= 4 is 0 Å². The molecular formula is C21H28. The molecule has 0 nitrogen and oxygen atoms in total. The van der Waals surface area contributed by atoms with Crippen molar-refractivity contribution in [3.63, 3.8) is 0 Å². The van der Waals surface area contributed by atoms with Crippen LogP contribution < -0.4 is 0 Å². The summed E-state index contributed by atoms with van der Waals surface area (Å²) in [4.78, 5) is 0. The number of hydrogen-bond donors (Lipinski definition) is 0. The lowest BCUT2D eigenvalue weighted by molar-refractivity contribution is 0.176. The molecular weight excluding hydrogens is 252 g/mol. The molecule has 0 saturated carbocycles. The van der Waals surface area contributed by atoms with Gasteiger partial charge in [0.15, 0.2) is 0 Å². The molecule has 0 heteroatoms. The minimum absolute atomic E-state index is 0.256. The highest BCUT2D eigenvalue weighted by atomic mass is 14.4. The van der Waals surface area contributed by atoms with E-state index < -0.39 is 0 Å². The van der Waals surface area contributed by atoms with Gasteiger partial charge in [0, 0.05) is 0 Å². The van der Waals surface area contributed by atoms with Gasteiger partial charge in [-0.25, -0.2) is 0 Å². The second-order valence-corrected chi connectivity index (χ2v) is 8.15. The topological polar surface area (TPSA) is 0 Å². The Balaban J connectivity index is 2.37. The quantitative estimate of drug-likeness (QED) is 0.586. The minimum atomic E-state index is 0.256. The molecule has 0 bridgehead atoms. The molecule has 0 heterocycles. The average Bonchev–Trinajstić information content (AvgIpc) is 2.37. The Labute approximate surface area is 130 Å². The molecule has 0 fully saturated rings. The van der Waals surface area contributed by atoms with Crippen LogP contribution in [-0.4, -0.2) is 0 Å². The third kappa shape index (κ3) is 3.75. The zero-order chi connectivity index (χ0) is 15.7. The van der Waals surface area contributed by atoms with Crippen molar-refractivity contribution in [2.45, 2.75) is 47.5 Å². The summed E-state index contributed by atoms with van der Waals surface area (Å²) in [5.41, 5.74) is 4.53. The second-order valence-electron chi connectivity index (χ2n) is 8.15. The van der Waals surface area contributed by atoms with Crippen molar-refractivity contribution in [2.75, 3.05) is 0 Å². The SMILES string of the molecule is CC(C)(C)C(c1ccc(-c2ccccc2)cc1)C(C)(C)C. The van der Waals surface area contributed by atoms with E-state index in [1.165, 1.54) is 16.7 Å². The van der Waals surface area contributed by atoms with Crippen molar-refractivity contribution < 1.29 is 0 Å². The summed E-state index contributed by atoms with van der Waals surface area (Å²) < 4.78 is 0. The largest absolute Gasteiger partial charge is 0.0622 e. The lowest BCUT2D eigenvalue weighted by atomic mass is 9.63. The molecule has 0 aliphatic heterocycles. The number of hydrogen-bond acceptors (Lipinski definition) is 0. The second kappa shape index (κ2) is 5.67. The van der Waals surface area contributed by atoms with Crippen LogP contribution in [0.15, 0.2) is 54.6 Å². The van der Waals surface area contributed by atoms with Gasteiger partial charge in [0.2, 0.25) is 0 Å². The standard InChI is InChI=1S/C21H28/c1-20(2,3)19(21(4,5)6)18-14-12-17(13-15-18)16-10-8-7-9-11-16/h7-15,19H,1-6H3. The zero-order valence-corrected chi connectivity index (χ0v) is 14.3. The number of rotatable bonds is 2. The van der Waals surface area contributed by atoms with Crippen LogP contribution in [0.1, 0.15) is 53.0 Å². The number of benzene rings is 2. The minimum Gasteiger partial charge on any atom is -0.0622 e. The molecule has 0 saturated heterocycles. The maximum atomic E-state index is 2.34. The normalized spacial score (nSPS) is 12.7. The molecule has 2 aromatic rings. The van der Waals surface area contributed by atoms with Crippen LogP contribution in [-0.2, 0) is 0 Å². The highest BCUT2D eigenvalue weighted by Gasteiger charge is 2.35. The van der Waals surface area contributed by atoms with Gasteiger partial charge in [0.05, 0.1) is 0 Å². The fourth-order valence-corrected chi connectivity index (χ4v) is 3.80. The Kier molecular flexibility index (Phi) is 4.27. The van der Waals surface area contributed by atoms with E-state index in [0.717, 1.165) is 0 Å². The van der Waals surface area contributed by atoms with E-state index in [0.29, 0.717) is 5.92 Å². The first-order valence-corrected chi connectivity index (χ1v) is 7.85. The first kappa shape index (κ1) is 15.8. The molecule has 0 spiro atoms.